The van der Waals surface area contributed by atoms with Crippen molar-refractivity contribution in [1.82, 2.24) is 10.4 Å². The zero-order valence-corrected chi connectivity index (χ0v) is 6.99. The molecule has 0 aliphatic carbocycles. The van der Waals surface area contributed by atoms with Gasteiger partial charge in [0.1, 0.15) is 0 Å². The molecule has 1 aliphatic rings. The third-order valence-electron chi connectivity index (χ3n) is 1.11. The minimum atomic E-state index is -0.747. The van der Waals surface area contributed by atoms with Crippen LogP contribution in [0.25, 0.3) is 0 Å². The van der Waals surface area contributed by atoms with E-state index in [0.717, 1.165) is 26.3 Å². The molecule has 0 amide bonds. The van der Waals surface area contributed by atoms with Crippen molar-refractivity contribution in [2.24, 2.45) is 0 Å². The zero-order valence-electron chi connectivity index (χ0n) is 6.09. The van der Waals surface area contributed by atoms with Gasteiger partial charge in [0, 0.05) is 13.1 Å². The maximum absolute atomic E-state index is 5.31. The van der Waals surface area contributed by atoms with Gasteiger partial charge in [0.25, 0.3) is 8.53 Å². The van der Waals surface area contributed by atoms with Gasteiger partial charge in [0.05, 0.1) is 13.2 Å². The summed E-state index contributed by atoms with van der Waals surface area (Å²) in [5.74, 6) is 0. The molecule has 1 saturated heterocycles. The topological polar surface area (TPSA) is 42.5 Å². The van der Waals surface area contributed by atoms with Crippen LogP contribution in [0.3, 0.4) is 0 Å². The maximum Gasteiger partial charge on any atom is 0.255 e. The van der Waals surface area contributed by atoms with Gasteiger partial charge in [0.2, 0.25) is 0 Å². The number of hydrogen-bond donors (Lipinski definition) is 2. The minimum absolute atomic E-state index is 0.717. The second-order valence-electron chi connectivity index (χ2n) is 1.94. The monoisotopic (exact) mass is 164 g/mol. The summed E-state index contributed by atoms with van der Waals surface area (Å²) in [5.41, 5.74) is 0. The standard InChI is InChI=1S/C5H13N2O2P/c1-6-2-4-8-10-7-3-5-9-10/h6-7H,2-5H2,1H3. The van der Waals surface area contributed by atoms with Crippen molar-refractivity contribution in [3.05, 3.63) is 0 Å². The molecule has 0 saturated carbocycles. The van der Waals surface area contributed by atoms with E-state index in [2.05, 4.69) is 10.4 Å². The first-order valence-corrected chi connectivity index (χ1v) is 4.55. The molecule has 0 bridgehead atoms. The minimum Gasteiger partial charge on any atom is -0.321 e. The molecule has 4 nitrogen and oxygen atoms in total. The molecule has 2 N–H and O–H groups in total. The molecular weight excluding hydrogens is 151 g/mol. The van der Waals surface area contributed by atoms with E-state index in [-0.39, 0.29) is 0 Å². The number of likely N-dealkylation sites (N-methyl/N-ethyl adjacent to an activating group) is 1. The zero-order chi connectivity index (χ0) is 7.23. The molecule has 0 aromatic heterocycles. The van der Waals surface area contributed by atoms with E-state index in [1.165, 1.54) is 0 Å². The van der Waals surface area contributed by atoms with Crippen molar-refractivity contribution in [2.45, 2.75) is 0 Å². The van der Waals surface area contributed by atoms with Crippen LogP contribution in [-0.2, 0) is 9.05 Å². The SMILES string of the molecule is CNCCOP1NCCO1. The molecule has 0 radical (unpaired) electrons. The van der Waals surface area contributed by atoms with Crippen LogP contribution in [0, 0.1) is 0 Å². The third kappa shape index (κ3) is 2.90. The van der Waals surface area contributed by atoms with Crippen molar-refractivity contribution in [2.75, 3.05) is 33.4 Å². The summed E-state index contributed by atoms with van der Waals surface area (Å²) in [5, 5.41) is 6.10. The molecular formula is C5H13N2O2P. The first kappa shape index (κ1) is 8.37. The van der Waals surface area contributed by atoms with Crippen LogP contribution in [0.1, 0.15) is 0 Å². The molecule has 0 aromatic rings. The van der Waals surface area contributed by atoms with Gasteiger partial charge in [-0.05, 0) is 7.05 Å². The fraction of sp³-hybridized carbons (Fsp3) is 1.00. The maximum atomic E-state index is 5.31. The lowest BCUT2D eigenvalue weighted by molar-refractivity contribution is 0.277. The molecule has 1 heterocycles. The van der Waals surface area contributed by atoms with Crippen molar-refractivity contribution >= 4 is 8.53 Å². The Morgan fingerprint density at radius 2 is 2.70 bits per heavy atom. The fourth-order valence-corrected chi connectivity index (χ4v) is 1.67. The highest BCUT2D eigenvalue weighted by molar-refractivity contribution is 7.45. The van der Waals surface area contributed by atoms with E-state index in [1.54, 1.807) is 0 Å². The molecule has 1 atom stereocenters. The summed E-state index contributed by atoms with van der Waals surface area (Å²) in [4.78, 5) is 0. The summed E-state index contributed by atoms with van der Waals surface area (Å²) >= 11 is 0. The lowest BCUT2D eigenvalue weighted by atomic mass is 10.7. The van der Waals surface area contributed by atoms with E-state index in [4.69, 9.17) is 9.05 Å². The second kappa shape index (κ2) is 4.99. The van der Waals surface area contributed by atoms with Crippen molar-refractivity contribution in [1.29, 1.82) is 0 Å². The van der Waals surface area contributed by atoms with Gasteiger partial charge in [-0.25, -0.2) is 5.09 Å². The molecule has 1 aliphatic heterocycles. The number of rotatable bonds is 4. The molecule has 0 aromatic carbocycles. The first-order chi connectivity index (χ1) is 4.93. The van der Waals surface area contributed by atoms with Gasteiger partial charge in [0.15, 0.2) is 0 Å². The van der Waals surface area contributed by atoms with E-state index < -0.39 is 8.53 Å². The highest BCUT2D eigenvalue weighted by atomic mass is 31.2. The number of nitrogens with one attached hydrogen (secondary N) is 2. The van der Waals surface area contributed by atoms with Gasteiger partial charge in [-0.3, -0.25) is 0 Å². The summed E-state index contributed by atoms with van der Waals surface area (Å²) in [6.07, 6.45) is 0. The normalized spacial score (nSPS) is 25.5. The Morgan fingerprint density at radius 3 is 3.30 bits per heavy atom. The summed E-state index contributed by atoms with van der Waals surface area (Å²) in [6.45, 7) is 3.30. The van der Waals surface area contributed by atoms with Gasteiger partial charge in [-0.1, -0.05) is 0 Å². The van der Waals surface area contributed by atoms with Crippen LogP contribution in [0.15, 0.2) is 0 Å². The molecule has 10 heavy (non-hydrogen) atoms. The molecule has 0 spiro atoms. The molecule has 5 heteroatoms. The Balaban J connectivity index is 1.91. The van der Waals surface area contributed by atoms with Crippen LogP contribution in [0.2, 0.25) is 0 Å². The Kier molecular flexibility index (Phi) is 4.18. The highest BCUT2D eigenvalue weighted by Gasteiger charge is 2.15. The van der Waals surface area contributed by atoms with Gasteiger partial charge in [-0.15, -0.1) is 0 Å². The van der Waals surface area contributed by atoms with Gasteiger partial charge < -0.3 is 14.4 Å². The predicted octanol–water partition coefficient (Wildman–Crippen LogP) is 0.0691. The van der Waals surface area contributed by atoms with E-state index in [9.17, 15) is 0 Å². The van der Waals surface area contributed by atoms with Crippen LogP contribution in [0.5, 0.6) is 0 Å². The fourth-order valence-electron chi connectivity index (χ4n) is 0.625. The summed E-state index contributed by atoms with van der Waals surface area (Å²) < 4.78 is 10.5. The van der Waals surface area contributed by atoms with Crippen LogP contribution in [-0.4, -0.2) is 33.4 Å². The van der Waals surface area contributed by atoms with Crippen molar-refractivity contribution < 1.29 is 9.05 Å². The van der Waals surface area contributed by atoms with E-state index >= 15 is 0 Å². The quantitative estimate of drug-likeness (QED) is 0.455. The second-order valence-corrected chi connectivity index (χ2v) is 3.28. The largest absolute Gasteiger partial charge is 0.321 e. The Hall–Kier alpha value is 0.270. The van der Waals surface area contributed by atoms with Crippen LogP contribution in [0.4, 0.5) is 0 Å². The van der Waals surface area contributed by atoms with E-state index in [1.807, 2.05) is 7.05 Å². The van der Waals surface area contributed by atoms with Gasteiger partial charge in [-0.2, -0.15) is 0 Å². The molecule has 1 rings (SSSR count). The smallest absolute Gasteiger partial charge is 0.255 e. The molecule has 1 fully saturated rings. The molecule has 60 valence electrons. The lowest BCUT2D eigenvalue weighted by Crippen LogP contribution is -2.14. The summed E-state index contributed by atoms with van der Waals surface area (Å²) in [6, 6.07) is 0. The van der Waals surface area contributed by atoms with Crippen LogP contribution >= 0.6 is 8.53 Å². The number of hydrogen-bond acceptors (Lipinski definition) is 4. The lowest BCUT2D eigenvalue weighted by Gasteiger charge is -2.07. The van der Waals surface area contributed by atoms with E-state index in [0.29, 0.717) is 0 Å². The first-order valence-electron chi connectivity index (χ1n) is 3.37. The highest BCUT2D eigenvalue weighted by Crippen LogP contribution is 2.35. The average molecular weight is 164 g/mol. The average Bonchev–Trinajstić information content (AvgIpc) is 2.41. The van der Waals surface area contributed by atoms with Crippen LogP contribution < -0.4 is 10.4 Å². The van der Waals surface area contributed by atoms with Gasteiger partial charge >= 0.3 is 0 Å². The predicted molar refractivity (Wildman–Crippen MR) is 40.8 cm³/mol. The third-order valence-corrected chi connectivity index (χ3v) is 2.43. The molecule has 1 unspecified atom stereocenters. The Labute approximate surface area is 62.2 Å². The Morgan fingerprint density at radius 1 is 1.80 bits per heavy atom. The van der Waals surface area contributed by atoms with Crippen molar-refractivity contribution in [3.63, 3.8) is 0 Å². The van der Waals surface area contributed by atoms with Crippen molar-refractivity contribution in [3.8, 4) is 0 Å². The summed E-state index contributed by atoms with van der Waals surface area (Å²) in [7, 11) is 1.16. The Bertz CT molecular complexity index is 87.7.